The van der Waals surface area contributed by atoms with Crippen molar-refractivity contribution in [3.8, 4) is 0 Å². The van der Waals surface area contributed by atoms with E-state index in [1.807, 2.05) is 62.2 Å². The van der Waals surface area contributed by atoms with Gasteiger partial charge in [0.05, 0.1) is 12.0 Å². The summed E-state index contributed by atoms with van der Waals surface area (Å²) >= 11 is 0. The van der Waals surface area contributed by atoms with Crippen LogP contribution in [0.1, 0.15) is 45.3 Å². The number of hydrogen-bond acceptors (Lipinski definition) is 5. The van der Waals surface area contributed by atoms with Crippen molar-refractivity contribution < 1.29 is 19.4 Å². The van der Waals surface area contributed by atoms with Crippen molar-refractivity contribution in [2.24, 2.45) is 17.3 Å². The van der Waals surface area contributed by atoms with Crippen molar-refractivity contribution in [2.75, 3.05) is 13.6 Å². The Balaban J connectivity index is 1.52. The molecule has 2 aliphatic carbocycles. The molecule has 3 aliphatic rings. The zero-order chi connectivity index (χ0) is 21.6. The number of esters is 1. The molecule has 1 saturated heterocycles. The summed E-state index contributed by atoms with van der Waals surface area (Å²) < 4.78 is 5.88. The SMILES string of the molecule is CC1=C2[C@H]3OC(=O)C(CN(C)[C@@H](C)C(O)c4ccccc4)[C@@H]3CC[C@@]2(C)C=CC1=O. The number of fused-ring (bicyclic) bond motifs is 3. The van der Waals surface area contributed by atoms with Crippen molar-refractivity contribution in [3.05, 3.63) is 59.2 Å². The highest BCUT2D eigenvalue weighted by Crippen LogP contribution is 2.53. The van der Waals surface area contributed by atoms with Gasteiger partial charge in [-0.25, -0.2) is 0 Å². The summed E-state index contributed by atoms with van der Waals surface area (Å²) in [5.41, 5.74) is 2.37. The van der Waals surface area contributed by atoms with E-state index in [-0.39, 0.29) is 41.1 Å². The fourth-order valence-corrected chi connectivity index (χ4v) is 5.43. The van der Waals surface area contributed by atoms with Crippen LogP contribution >= 0.6 is 0 Å². The van der Waals surface area contributed by atoms with E-state index in [1.165, 1.54) is 0 Å². The van der Waals surface area contributed by atoms with Crippen molar-refractivity contribution in [2.45, 2.75) is 51.9 Å². The Morgan fingerprint density at radius 1 is 1.27 bits per heavy atom. The van der Waals surface area contributed by atoms with E-state index in [9.17, 15) is 14.7 Å². The van der Waals surface area contributed by atoms with Crippen LogP contribution in [0.25, 0.3) is 0 Å². The quantitative estimate of drug-likeness (QED) is 0.755. The smallest absolute Gasteiger partial charge is 0.311 e. The average molecular weight is 410 g/mol. The lowest BCUT2D eigenvalue weighted by molar-refractivity contribution is -0.144. The maximum Gasteiger partial charge on any atom is 0.311 e. The monoisotopic (exact) mass is 409 g/mol. The third-order valence-corrected chi connectivity index (χ3v) is 7.50. The molecule has 1 saturated carbocycles. The molecule has 4 rings (SSSR count). The molecule has 0 radical (unpaired) electrons. The number of aliphatic hydroxyl groups is 1. The molecule has 2 fully saturated rings. The third-order valence-electron chi connectivity index (χ3n) is 7.50. The summed E-state index contributed by atoms with van der Waals surface area (Å²) in [4.78, 5) is 27.2. The number of nitrogens with zero attached hydrogens (tertiary/aromatic N) is 1. The molecule has 0 spiro atoms. The molecule has 5 nitrogen and oxygen atoms in total. The molecule has 1 heterocycles. The van der Waals surface area contributed by atoms with Gasteiger partial charge in [-0.2, -0.15) is 0 Å². The highest BCUT2D eigenvalue weighted by molar-refractivity contribution is 6.05. The van der Waals surface area contributed by atoms with Crippen LogP contribution in [0.5, 0.6) is 0 Å². The molecular weight excluding hydrogens is 378 g/mol. The van der Waals surface area contributed by atoms with E-state index in [0.29, 0.717) is 6.54 Å². The molecule has 6 atom stereocenters. The Hall–Kier alpha value is -2.24. The van der Waals surface area contributed by atoms with Crippen LogP contribution in [0.4, 0.5) is 0 Å². The number of ketones is 1. The van der Waals surface area contributed by atoms with Crippen LogP contribution < -0.4 is 0 Å². The maximum atomic E-state index is 12.9. The second-order valence-electron chi connectivity index (χ2n) is 9.36. The molecule has 30 heavy (non-hydrogen) atoms. The molecule has 1 aliphatic heterocycles. The second-order valence-corrected chi connectivity index (χ2v) is 9.36. The predicted octanol–water partition coefficient (Wildman–Crippen LogP) is 3.45. The lowest BCUT2D eigenvalue weighted by atomic mass is 9.61. The van der Waals surface area contributed by atoms with E-state index in [2.05, 4.69) is 6.92 Å². The molecule has 1 aromatic rings. The van der Waals surface area contributed by atoms with Gasteiger partial charge in [0.1, 0.15) is 6.10 Å². The van der Waals surface area contributed by atoms with Gasteiger partial charge in [0.15, 0.2) is 5.78 Å². The first-order chi connectivity index (χ1) is 14.2. The molecule has 5 heteroatoms. The number of hydrogen-bond donors (Lipinski definition) is 1. The normalized spacial score (nSPS) is 32.7. The molecule has 0 aromatic heterocycles. The number of aliphatic hydroxyl groups excluding tert-OH is 1. The van der Waals surface area contributed by atoms with Crippen LogP contribution in [0.15, 0.2) is 53.6 Å². The van der Waals surface area contributed by atoms with Crippen molar-refractivity contribution in [1.29, 1.82) is 0 Å². The van der Waals surface area contributed by atoms with Crippen LogP contribution in [0, 0.1) is 17.3 Å². The van der Waals surface area contributed by atoms with Gasteiger partial charge in [-0.15, -0.1) is 0 Å². The molecule has 0 bridgehead atoms. The first-order valence-electron chi connectivity index (χ1n) is 10.8. The van der Waals surface area contributed by atoms with Gasteiger partial charge < -0.3 is 9.84 Å². The van der Waals surface area contributed by atoms with E-state index < -0.39 is 6.10 Å². The van der Waals surface area contributed by atoms with Gasteiger partial charge in [0, 0.05) is 29.5 Å². The van der Waals surface area contributed by atoms with Crippen LogP contribution in [-0.2, 0) is 14.3 Å². The molecule has 160 valence electrons. The van der Waals surface area contributed by atoms with Gasteiger partial charge in [0.25, 0.3) is 0 Å². The first kappa shape index (κ1) is 21.0. The highest BCUT2D eigenvalue weighted by atomic mass is 16.6. The zero-order valence-corrected chi connectivity index (χ0v) is 18.2. The minimum absolute atomic E-state index is 0.0133. The summed E-state index contributed by atoms with van der Waals surface area (Å²) in [6.07, 6.45) is 4.48. The number of ether oxygens (including phenoxy) is 1. The van der Waals surface area contributed by atoms with Gasteiger partial charge in [-0.05, 0) is 50.9 Å². The lowest BCUT2D eigenvalue weighted by Gasteiger charge is -2.43. The minimum atomic E-state index is -0.634. The van der Waals surface area contributed by atoms with E-state index in [1.54, 1.807) is 6.08 Å². The third kappa shape index (κ3) is 3.44. The number of rotatable bonds is 5. The number of benzene rings is 1. The average Bonchev–Trinajstić information content (AvgIpc) is 3.05. The topological polar surface area (TPSA) is 66.8 Å². The van der Waals surface area contributed by atoms with Gasteiger partial charge in [-0.1, -0.05) is 43.3 Å². The molecule has 2 unspecified atom stereocenters. The Morgan fingerprint density at radius 2 is 1.97 bits per heavy atom. The van der Waals surface area contributed by atoms with Crippen molar-refractivity contribution in [3.63, 3.8) is 0 Å². The standard InChI is InChI=1S/C25H31NO4/c1-15-20(27)11-13-25(3)12-10-18-19(24(29)30-23(18)21(15)25)14-26(4)16(2)22(28)17-8-6-5-7-9-17/h5-9,11,13,16,18-19,22-23,28H,10,12,14H2,1-4H3/t16-,18-,19?,22?,23-,25-/m0/s1. The highest BCUT2D eigenvalue weighted by Gasteiger charge is 2.54. The Kier molecular flexibility index (Phi) is 5.45. The summed E-state index contributed by atoms with van der Waals surface area (Å²) in [6.45, 7) is 6.49. The minimum Gasteiger partial charge on any atom is -0.457 e. The van der Waals surface area contributed by atoms with E-state index >= 15 is 0 Å². The number of allylic oxidation sites excluding steroid dienone is 3. The van der Waals surface area contributed by atoms with Gasteiger partial charge in [-0.3, -0.25) is 14.5 Å². The van der Waals surface area contributed by atoms with Crippen LogP contribution in [0.2, 0.25) is 0 Å². The van der Waals surface area contributed by atoms with E-state index in [4.69, 9.17) is 4.74 Å². The summed E-state index contributed by atoms with van der Waals surface area (Å²) in [5.74, 6) is -0.362. The molecule has 1 aromatic carbocycles. The first-order valence-corrected chi connectivity index (χ1v) is 10.8. The van der Waals surface area contributed by atoms with Gasteiger partial charge >= 0.3 is 5.97 Å². The summed E-state index contributed by atoms with van der Waals surface area (Å²) in [6, 6.07) is 9.45. The predicted molar refractivity (Wildman–Crippen MR) is 115 cm³/mol. The van der Waals surface area contributed by atoms with Crippen molar-refractivity contribution >= 4 is 11.8 Å². The number of carbonyl (C=O) groups is 2. The fraction of sp³-hybridized carbons (Fsp3) is 0.520. The molecule has 0 amide bonds. The van der Waals surface area contributed by atoms with Gasteiger partial charge in [0.2, 0.25) is 0 Å². The number of likely N-dealkylation sites (N-methyl/N-ethyl adjacent to an activating group) is 1. The Bertz CT molecular complexity index is 905. The number of carbonyl (C=O) groups excluding carboxylic acids is 2. The van der Waals surface area contributed by atoms with Crippen molar-refractivity contribution in [1.82, 2.24) is 4.90 Å². The second kappa shape index (κ2) is 7.78. The fourth-order valence-electron chi connectivity index (χ4n) is 5.43. The molecule has 1 N–H and O–H groups in total. The van der Waals surface area contributed by atoms with E-state index in [0.717, 1.165) is 29.6 Å². The van der Waals surface area contributed by atoms with Crippen LogP contribution in [0.3, 0.4) is 0 Å². The Morgan fingerprint density at radius 3 is 2.67 bits per heavy atom. The summed E-state index contributed by atoms with van der Waals surface area (Å²) in [5, 5.41) is 10.8. The maximum absolute atomic E-state index is 12.9. The molecular formula is C25H31NO4. The van der Waals surface area contributed by atoms with Crippen LogP contribution in [-0.4, -0.2) is 47.5 Å². The Labute approximate surface area is 178 Å². The lowest BCUT2D eigenvalue weighted by Crippen LogP contribution is -2.43. The summed E-state index contributed by atoms with van der Waals surface area (Å²) in [7, 11) is 1.95. The largest absolute Gasteiger partial charge is 0.457 e. The zero-order valence-electron chi connectivity index (χ0n) is 18.2.